The van der Waals surface area contributed by atoms with E-state index in [9.17, 15) is 9.59 Å². The smallest absolute Gasteiger partial charge is 0.292 e. The van der Waals surface area contributed by atoms with Gasteiger partial charge in [0.2, 0.25) is 11.7 Å². The summed E-state index contributed by atoms with van der Waals surface area (Å²) in [5.41, 5.74) is 1.55. The molecule has 0 unspecified atom stereocenters. The van der Waals surface area contributed by atoms with E-state index in [1.165, 1.54) is 12.8 Å². The number of carbonyl (C=O) groups is 2. The summed E-state index contributed by atoms with van der Waals surface area (Å²) < 4.78 is 5.36. The summed E-state index contributed by atoms with van der Waals surface area (Å²) >= 11 is 0. The van der Waals surface area contributed by atoms with Gasteiger partial charge in [-0.2, -0.15) is 0 Å². The first kappa shape index (κ1) is 18.7. The molecular formula is C22H27N3O3. The maximum Gasteiger partial charge on any atom is 0.292 e. The Balaban J connectivity index is 1.52. The van der Waals surface area contributed by atoms with Crippen LogP contribution in [-0.2, 0) is 4.79 Å². The van der Waals surface area contributed by atoms with Crippen molar-refractivity contribution in [3.63, 3.8) is 0 Å². The van der Waals surface area contributed by atoms with Gasteiger partial charge in [-0.15, -0.1) is 0 Å². The van der Waals surface area contributed by atoms with Crippen molar-refractivity contribution >= 4 is 11.8 Å². The molecule has 2 aliphatic rings. The zero-order chi connectivity index (χ0) is 19.7. The minimum atomic E-state index is -0.193. The van der Waals surface area contributed by atoms with Gasteiger partial charge < -0.3 is 14.3 Å². The molecule has 0 bridgehead atoms. The Morgan fingerprint density at radius 3 is 2.68 bits per heavy atom. The lowest BCUT2D eigenvalue weighted by molar-refractivity contribution is -0.133. The van der Waals surface area contributed by atoms with Gasteiger partial charge in [0.1, 0.15) is 5.69 Å². The third-order valence-corrected chi connectivity index (χ3v) is 5.72. The van der Waals surface area contributed by atoms with E-state index in [2.05, 4.69) is 19.0 Å². The average Bonchev–Trinajstić information content (AvgIpc) is 3.42. The Morgan fingerprint density at radius 1 is 1.25 bits per heavy atom. The molecule has 1 saturated heterocycles. The van der Waals surface area contributed by atoms with Crippen molar-refractivity contribution in [2.24, 2.45) is 11.8 Å². The van der Waals surface area contributed by atoms with Crippen molar-refractivity contribution < 1.29 is 14.1 Å². The molecule has 6 nitrogen and oxygen atoms in total. The highest BCUT2D eigenvalue weighted by Gasteiger charge is 2.37. The van der Waals surface area contributed by atoms with E-state index in [1.54, 1.807) is 11.0 Å². The number of benzene rings is 1. The van der Waals surface area contributed by atoms with Gasteiger partial charge in [-0.1, -0.05) is 49.3 Å². The molecule has 0 radical (unpaired) electrons. The fourth-order valence-corrected chi connectivity index (χ4v) is 3.82. The van der Waals surface area contributed by atoms with Crippen LogP contribution in [0.3, 0.4) is 0 Å². The van der Waals surface area contributed by atoms with Crippen molar-refractivity contribution in [1.82, 2.24) is 15.0 Å². The SMILES string of the molecule is CC(C)[C@H]1CN(C(=O)c2cc(-c3ccccc3)no2)CCC(=O)N1CC1CC1. The number of carbonyl (C=O) groups excluding carboxylic acids is 2. The molecule has 28 heavy (non-hydrogen) atoms. The maximum absolute atomic E-state index is 13.1. The molecule has 2 amide bonds. The van der Waals surface area contributed by atoms with Crippen LogP contribution in [-0.4, -0.2) is 52.4 Å². The van der Waals surface area contributed by atoms with Gasteiger partial charge in [0.25, 0.3) is 5.91 Å². The van der Waals surface area contributed by atoms with Gasteiger partial charge in [0.15, 0.2) is 0 Å². The Labute approximate surface area is 165 Å². The van der Waals surface area contributed by atoms with Crippen LogP contribution in [0.25, 0.3) is 11.3 Å². The second-order valence-corrected chi connectivity index (χ2v) is 8.24. The zero-order valence-corrected chi connectivity index (χ0v) is 16.5. The lowest BCUT2D eigenvalue weighted by Gasteiger charge is -2.34. The standard InChI is InChI=1S/C22H27N3O3/c1-15(2)19-14-24(11-10-21(26)25(19)13-16-8-9-16)22(27)20-12-18(23-28-20)17-6-4-3-5-7-17/h3-7,12,15-16,19H,8-11,13-14H2,1-2H3/t19-/m1/s1. The van der Waals surface area contributed by atoms with Crippen molar-refractivity contribution in [1.29, 1.82) is 0 Å². The quantitative estimate of drug-likeness (QED) is 0.796. The van der Waals surface area contributed by atoms with Crippen LogP contribution < -0.4 is 0 Å². The molecular weight excluding hydrogens is 354 g/mol. The summed E-state index contributed by atoms with van der Waals surface area (Å²) in [6.07, 6.45) is 2.77. The van der Waals surface area contributed by atoms with E-state index >= 15 is 0 Å². The molecule has 6 heteroatoms. The lowest BCUT2D eigenvalue weighted by Crippen LogP contribution is -2.48. The molecule has 1 saturated carbocycles. The molecule has 1 aromatic carbocycles. The molecule has 148 valence electrons. The molecule has 0 spiro atoms. The summed E-state index contributed by atoms with van der Waals surface area (Å²) in [4.78, 5) is 29.6. The third-order valence-electron chi connectivity index (χ3n) is 5.72. The number of hydrogen-bond acceptors (Lipinski definition) is 4. The van der Waals surface area contributed by atoms with Crippen molar-refractivity contribution in [2.45, 2.75) is 39.2 Å². The van der Waals surface area contributed by atoms with Crippen LogP contribution in [0.15, 0.2) is 40.9 Å². The first-order valence-corrected chi connectivity index (χ1v) is 10.1. The molecule has 2 fully saturated rings. The van der Waals surface area contributed by atoms with E-state index in [1.807, 2.05) is 35.2 Å². The molecule has 2 heterocycles. The highest BCUT2D eigenvalue weighted by atomic mass is 16.5. The fraction of sp³-hybridized carbons (Fsp3) is 0.500. The van der Waals surface area contributed by atoms with Gasteiger partial charge in [-0.3, -0.25) is 9.59 Å². The summed E-state index contributed by atoms with van der Waals surface area (Å²) in [6, 6.07) is 11.4. The maximum atomic E-state index is 13.1. The Bertz CT molecular complexity index is 842. The first-order valence-electron chi connectivity index (χ1n) is 10.1. The van der Waals surface area contributed by atoms with E-state index < -0.39 is 0 Å². The van der Waals surface area contributed by atoms with Crippen molar-refractivity contribution in [3.05, 3.63) is 42.2 Å². The summed E-state index contributed by atoms with van der Waals surface area (Å²) in [6.45, 7) is 6.02. The van der Waals surface area contributed by atoms with Crippen LogP contribution in [0, 0.1) is 11.8 Å². The number of rotatable bonds is 5. The van der Waals surface area contributed by atoms with Gasteiger partial charge in [0, 0.05) is 37.7 Å². The zero-order valence-electron chi connectivity index (χ0n) is 16.5. The average molecular weight is 381 g/mol. The van der Waals surface area contributed by atoms with Crippen LogP contribution in [0.2, 0.25) is 0 Å². The first-order chi connectivity index (χ1) is 13.5. The van der Waals surface area contributed by atoms with Crippen LogP contribution >= 0.6 is 0 Å². The second-order valence-electron chi connectivity index (χ2n) is 8.24. The van der Waals surface area contributed by atoms with Crippen LogP contribution in [0.4, 0.5) is 0 Å². The Hall–Kier alpha value is -2.63. The second kappa shape index (κ2) is 7.78. The van der Waals surface area contributed by atoms with Gasteiger partial charge in [-0.25, -0.2) is 0 Å². The van der Waals surface area contributed by atoms with Crippen LogP contribution in [0.1, 0.15) is 43.7 Å². The highest BCUT2D eigenvalue weighted by Crippen LogP contribution is 2.32. The molecule has 2 aromatic rings. The summed E-state index contributed by atoms with van der Waals surface area (Å²) in [5.74, 6) is 1.11. The fourth-order valence-electron chi connectivity index (χ4n) is 3.82. The molecule has 4 rings (SSSR count). The predicted octanol–water partition coefficient (Wildman–Crippen LogP) is 3.45. The third kappa shape index (κ3) is 3.96. The minimum absolute atomic E-state index is 0.0380. The minimum Gasteiger partial charge on any atom is -0.350 e. The monoisotopic (exact) mass is 381 g/mol. The number of aromatic nitrogens is 1. The number of hydrogen-bond donors (Lipinski definition) is 0. The predicted molar refractivity (Wildman–Crippen MR) is 106 cm³/mol. The van der Waals surface area contributed by atoms with Gasteiger partial charge in [0.05, 0.1) is 6.04 Å². The van der Waals surface area contributed by atoms with Crippen molar-refractivity contribution in [2.75, 3.05) is 19.6 Å². The van der Waals surface area contributed by atoms with E-state index in [0.717, 1.165) is 12.1 Å². The Kier molecular flexibility index (Phi) is 5.20. The summed E-state index contributed by atoms with van der Waals surface area (Å²) in [7, 11) is 0. The molecule has 1 aliphatic carbocycles. The van der Waals surface area contributed by atoms with E-state index in [-0.39, 0.29) is 29.5 Å². The molecule has 1 aliphatic heterocycles. The van der Waals surface area contributed by atoms with E-state index in [4.69, 9.17) is 4.52 Å². The summed E-state index contributed by atoms with van der Waals surface area (Å²) in [5, 5.41) is 4.06. The highest BCUT2D eigenvalue weighted by molar-refractivity contribution is 5.93. The normalized spacial score (nSPS) is 20.5. The van der Waals surface area contributed by atoms with Crippen LogP contribution in [0.5, 0.6) is 0 Å². The molecule has 1 atom stereocenters. The largest absolute Gasteiger partial charge is 0.350 e. The number of amides is 2. The lowest BCUT2D eigenvalue weighted by atomic mass is 10.0. The molecule has 0 N–H and O–H groups in total. The topological polar surface area (TPSA) is 66.7 Å². The van der Waals surface area contributed by atoms with Gasteiger partial charge >= 0.3 is 0 Å². The van der Waals surface area contributed by atoms with Gasteiger partial charge in [-0.05, 0) is 24.7 Å². The Morgan fingerprint density at radius 2 is 2.00 bits per heavy atom. The number of nitrogens with zero attached hydrogens (tertiary/aromatic N) is 3. The van der Waals surface area contributed by atoms with E-state index in [0.29, 0.717) is 31.1 Å². The molecule has 1 aromatic heterocycles. The van der Waals surface area contributed by atoms with Crippen molar-refractivity contribution in [3.8, 4) is 11.3 Å².